The summed E-state index contributed by atoms with van der Waals surface area (Å²) in [5.41, 5.74) is 2.33. The summed E-state index contributed by atoms with van der Waals surface area (Å²) < 4.78 is 0. The molecule has 0 bridgehead atoms. The van der Waals surface area contributed by atoms with Crippen LogP contribution in [0.3, 0.4) is 0 Å². The maximum Gasteiger partial charge on any atom is 0.227 e. The van der Waals surface area contributed by atoms with Crippen LogP contribution < -0.4 is 0 Å². The van der Waals surface area contributed by atoms with Crippen molar-refractivity contribution in [3.8, 4) is 0 Å². The van der Waals surface area contributed by atoms with Gasteiger partial charge in [-0.3, -0.25) is 4.79 Å². The molecule has 1 unspecified atom stereocenters. The Morgan fingerprint density at radius 3 is 2.85 bits per heavy atom. The first-order valence-electron chi connectivity index (χ1n) is 6.75. The molecule has 0 fully saturated rings. The number of nitrogens with zero attached hydrogens (tertiary/aromatic N) is 1. The lowest BCUT2D eigenvalue weighted by Gasteiger charge is -2.33. The lowest BCUT2D eigenvalue weighted by atomic mass is 10.0. The Balaban J connectivity index is 1.73. The molecule has 1 aliphatic heterocycles. The van der Waals surface area contributed by atoms with E-state index in [4.69, 9.17) is 11.6 Å². The molecule has 20 heavy (non-hydrogen) atoms. The topological polar surface area (TPSA) is 20.3 Å². The second-order valence-electron chi connectivity index (χ2n) is 5.12. The first kappa shape index (κ1) is 13.7. The van der Waals surface area contributed by atoms with Gasteiger partial charge in [0.05, 0.1) is 12.5 Å². The first-order valence-corrected chi connectivity index (χ1v) is 8.01. The smallest absolute Gasteiger partial charge is 0.227 e. The molecular formula is C16H16ClNOS. The van der Waals surface area contributed by atoms with Crippen molar-refractivity contribution in [1.82, 2.24) is 4.90 Å². The molecular weight excluding hydrogens is 290 g/mol. The summed E-state index contributed by atoms with van der Waals surface area (Å²) >= 11 is 7.67. The Hall–Kier alpha value is -1.32. The Bertz CT molecular complexity index is 620. The Morgan fingerprint density at radius 1 is 1.35 bits per heavy atom. The van der Waals surface area contributed by atoms with E-state index < -0.39 is 0 Å². The molecule has 1 atom stereocenters. The van der Waals surface area contributed by atoms with Crippen molar-refractivity contribution in [2.75, 3.05) is 6.54 Å². The predicted molar refractivity (Wildman–Crippen MR) is 83.3 cm³/mol. The fourth-order valence-electron chi connectivity index (χ4n) is 2.73. The summed E-state index contributed by atoms with van der Waals surface area (Å²) in [6, 6.07) is 9.84. The molecule has 0 radical (unpaired) electrons. The van der Waals surface area contributed by atoms with Crippen LogP contribution in [0.15, 0.2) is 35.7 Å². The molecule has 3 rings (SSSR count). The number of benzene rings is 1. The molecule has 1 amide bonds. The van der Waals surface area contributed by atoms with Crippen molar-refractivity contribution in [1.29, 1.82) is 0 Å². The van der Waals surface area contributed by atoms with Gasteiger partial charge >= 0.3 is 0 Å². The monoisotopic (exact) mass is 305 g/mol. The van der Waals surface area contributed by atoms with Gasteiger partial charge in [0, 0.05) is 16.4 Å². The largest absolute Gasteiger partial charge is 0.335 e. The second kappa shape index (κ2) is 5.58. The molecule has 1 aromatic heterocycles. The number of hydrogen-bond donors (Lipinski definition) is 0. The molecule has 0 spiro atoms. The van der Waals surface area contributed by atoms with Crippen LogP contribution in [0.1, 0.15) is 29.0 Å². The van der Waals surface area contributed by atoms with E-state index in [1.54, 1.807) is 11.3 Å². The minimum Gasteiger partial charge on any atom is -0.335 e. The normalized spacial score (nSPS) is 17.9. The second-order valence-corrected chi connectivity index (χ2v) is 6.55. The van der Waals surface area contributed by atoms with Crippen molar-refractivity contribution < 1.29 is 4.79 Å². The molecule has 2 heterocycles. The maximum absolute atomic E-state index is 12.5. The van der Waals surface area contributed by atoms with Gasteiger partial charge in [-0.05, 0) is 48.1 Å². The van der Waals surface area contributed by atoms with Gasteiger partial charge in [-0.25, -0.2) is 0 Å². The van der Waals surface area contributed by atoms with E-state index in [1.807, 2.05) is 29.2 Å². The molecule has 1 aliphatic rings. The molecule has 0 aliphatic carbocycles. The van der Waals surface area contributed by atoms with Crippen LogP contribution in [0.2, 0.25) is 5.02 Å². The van der Waals surface area contributed by atoms with Crippen LogP contribution in [-0.4, -0.2) is 17.4 Å². The third-order valence-electron chi connectivity index (χ3n) is 3.87. The SMILES string of the molecule is CC1c2ccsc2CCN1C(=O)Cc1ccc(Cl)cc1. The van der Waals surface area contributed by atoms with Crippen LogP contribution in [0.4, 0.5) is 0 Å². The lowest BCUT2D eigenvalue weighted by molar-refractivity contribution is -0.133. The van der Waals surface area contributed by atoms with E-state index in [0.717, 1.165) is 18.5 Å². The highest BCUT2D eigenvalue weighted by Crippen LogP contribution is 2.33. The fourth-order valence-corrected chi connectivity index (χ4v) is 3.82. The van der Waals surface area contributed by atoms with Gasteiger partial charge in [0.2, 0.25) is 5.91 Å². The summed E-state index contributed by atoms with van der Waals surface area (Å²) in [5.74, 6) is 0.191. The van der Waals surface area contributed by atoms with Gasteiger partial charge in [0.1, 0.15) is 0 Å². The Labute approximate surface area is 128 Å². The number of hydrogen-bond acceptors (Lipinski definition) is 2. The zero-order valence-electron chi connectivity index (χ0n) is 11.3. The van der Waals surface area contributed by atoms with Crippen molar-refractivity contribution in [2.45, 2.75) is 25.8 Å². The summed E-state index contributed by atoms with van der Waals surface area (Å²) in [7, 11) is 0. The highest BCUT2D eigenvalue weighted by molar-refractivity contribution is 7.10. The van der Waals surface area contributed by atoms with Gasteiger partial charge in [-0.15, -0.1) is 11.3 Å². The van der Waals surface area contributed by atoms with Crippen molar-refractivity contribution in [3.05, 3.63) is 56.7 Å². The molecule has 104 valence electrons. The standard InChI is InChI=1S/C16H16ClNOS/c1-11-14-7-9-20-15(14)6-8-18(11)16(19)10-12-2-4-13(17)5-3-12/h2-5,7,9,11H,6,8,10H2,1H3. The molecule has 4 heteroatoms. The van der Waals surface area contributed by atoms with Gasteiger partial charge in [0.25, 0.3) is 0 Å². The number of fused-ring (bicyclic) bond motifs is 1. The molecule has 2 aromatic rings. The average Bonchev–Trinajstić information content (AvgIpc) is 2.91. The molecule has 1 aromatic carbocycles. The molecule has 0 saturated heterocycles. The maximum atomic E-state index is 12.5. The molecule has 0 N–H and O–H groups in total. The number of rotatable bonds is 2. The number of thiophene rings is 1. The summed E-state index contributed by atoms with van der Waals surface area (Å²) in [5, 5.41) is 2.82. The van der Waals surface area contributed by atoms with Crippen LogP contribution in [0.25, 0.3) is 0 Å². The highest BCUT2D eigenvalue weighted by atomic mass is 35.5. The van der Waals surface area contributed by atoms with E-state index in [2.05, 4.69) is 18.4 Å². The van der Waals surface area contributed by atoms with Gasteiger partial charge in [-0.1, -0.05) is 23.7 Å². The Kier molecular flexibility index (Phi) is 3.81. The lowest BCUT2D eigenvalue weighted by Crippen LogP contribution is -2.39. The van der Waals surface area contributed by atoms with Crippen LogP contribution in [0.5, 0.6) is 0 Å². The van der Waals surface area contributed by atoms with Crippen LogP contribution in [0, 0.1) is 0 Å². The van der Waals surface area contributed by atoms with E-state index in [-0.39, 0.29) is 11.9 Å². The zero-order valence-corrected chi connectivity index (χ0v) is 12.9. The number of carbonyl (C=O) groups is 1. The van der Waals surface area contributed by atoms with E-state index in [9.17, 15) is 4.79 Å². The third-order valence-corrected chi connectivity index (χ3v) is 5.11. The van der Waals surface area contributed by atoms with E-state index >= 15 is 0 Å². The predicted octanol–water partition coefficient (Wildman–Crippen LogP) is 4.09. The third kappa shape index (κ3) is 2.60. The zero-order chi connectivity index (χ0) is 14.1. The van der Waals surface area contributed by atoms with Crippen molar-refractivity contribution >= 4 is 28.8 Å². The van der Waals surface area contributed by atoms with E-state index in [0.29, 0.717) is 11.4 Å². The van der Waals surface area contributed by atoms with Gasteiger partial charge < -0.3 is 4.90 Å². The molecule has 2 nitrogen and oxygen atoms in total. The number of amides is 1. The fraction of sp³-hybridized carbons (Fsp3) is 0.312. The van der Waals surface area contributed by atoms with Crippen LogP contribution in [-0.2, 0) is 17.6 Å². The minimum atomic E-state index is 0.185. The van der Waals surface area contributed by atoms with E-state index in [1.165, 1.54) is 10.4 Å². The summed E-state index contributed by atoms with van der Waals surface area (Å²) in [6.45, 7) is 2.94. The molecule has 0 saturated carbocycles. The Morgan fingerprint density at radius 2 is 2.10 bits per heavy atom. The first-order chi connectivity index (χ1) is 9.65. The average molecular weight is 306 g/mol. The highest BCUT2D eigenvalue weighted by Gasteiger charge is 2.27. The minimum absolute atomic E-state index is 0.185. The summed E-state index contributed by atoms with van der Waals surface area (Å²) in [4.78, 5) is 15.9. The summed E-state index contributed by atoms with van der Waals surface area (Å²) in [6.07, 6.45) is 1.42. The van der Waals surface area contributed by atoms with Gasteiger partial charge in [-0.2, -0.15) is 0 Å². The van der Waals surface area contributed by atoms with Gasteiger partial charge in [0.15, 0.2) is 0 Å². The number of carbonyl (C=O) groups excluding carboxylic acids is 1. The van der Waals surface area contributed by atoms with Crippen LogP contribution >= 0.6 is 22.9 Å². The number of halogens is 1. The quantitative estimate of drug-likeness (QED) is 0.818. The van der Waals surface area contributed by atoms with Crippen molar-refractivity contribution in [3.63, 3.8) is 0 Å². The van der Waals surface area contributed by atoms with Crippen molar-refractivity contribution in [2.24, 2.45) is 0 Å².